The molecule has 0 heterocycles. The van der Waals surface area contributed by atoms with Crippen molar-refractivity contribution in [2.75, 3.05) is 32.2 Å². The Morgan fingerprint density at radius 3 is 2.58 bits per heavy atom. The van der Waals surface area contributed by atoms with Crippen LogP contribution in [0, 0.1) is 0 Å². The molecule has 19 heavy (non-hydrogen) atoms. The molecule has 0 saturated heterocycles. The fourth-order valence-electron chi connectivity index (χ4n) is 2.11. The van der Waals surface area contributed by atoms with Gasteiger partial charge < -0.3 is 20.1 Å². The van der Waals surface area contributed by atoms with Gasteiger partial charge in [-0.25, -0.2) is 0 Å². The number of rotatable bonds is 8. The second-order valence-electron chi connectivity index (χ2n) is 5.08. The van der Waals surface area contributed by atoms with E-state index in [0.29, 0.717) is 6.04 Å². The van der Waals surface area contributed by atoms with Crippen LogP contribution in [0.4, 0.5) is 5.69 Å². The maximum Gasteiger partial charge on any atom is 0.142 e. The molecule has 0 aliphatic heterocycles. The van der Waals surface area contributed by atoms with E-state index in [4.69, 9.17) is 4.74 Å². The number of para-hydroxylation sites is 2. The molecule has 4 heteroatoms. The number of hydrogen-bond donors (Lipinski definition) is 2. The summed E-state index contributed by atoms with van der Waals surface area (Å²) in [5.41, 5.74) is 1.08. The predicted molar refractivity (Wildman–Crippen MR) is 80.0 cm³/mol. The summed E-state index contributed by atoms with van der Waals surface area (Å²) >= 11 is 0. The lowest BCUT2D eigenvalue weighted by Gasteiger charge is -2.25. The van der Waals surface area contributed by atoms with Crippen molar-refractivity contribution in [2.24, 2.45) is 0 Å². The third-order valence-corrected chi connectivity index (χ3v) is 3.10. The van der Waals surface area contributed by atoms with Gasteiger partial charge >= 0.3 is 0 Å². The monoisotopic (exact) mass is 266 g/mol. The summed E-state index contributed by atoms with van der Waals surface area (Å²) in [5, 5.41) is 12.7. The van der Waals surface area contributed by atoms with Crippen LogP contribution in [-0.4, -0.2) is 44.5 Å². The standard InChI is InChI=1S/C15H26N2O2/c1-12(2)16-13(11-18)9-10-17(3)14-7-5-6-8-15(14)19-4/h5-8,12-13,16,18H,9-11H2,1-4H3. The minimum absolute atomic E-state index is 0.136. The van der Waals surface area contributed by atoms with E-state index in [-0.39, 0.29) is 12.6 Å². The quantitative estimate of drug-likeness (QED) is 0.754. The van der Waals surface area contributed by atoms with E-state index in [2.05, 4.69) is 24.1 Å². The number of nitrogens with one attached hydrogen (secondary N) is 1. The van der Waals surface area contributed by atoms with E-state index in [9.17, 15) is 5.11 Å². The number of aliphatic hydroxyl groups is 1. The summed E-state index contributed by atoms with van der Waals surface area (Å²) in [4.78, 5) is 2.16. The van der Waals surface area contributed by atoms with Gasteiger partial charge in [0.25, 0.3) is 0 Å². The molecule has 1 aromatic carbocycles. The molecule has 1 atom stereocenters. The van der Waals surface area contributed by atoms with Crippen LogP contribution in [0.25, 0.3) is 0 Å². The van der Waals surface area contributed by atoms with Crippen LogP contribution in [0.5, 0.6) is 5.75 Å². The van der Waals surface area contributed by atoms with Crippen LogP contribution in [0.15, 0.2) is 24.3 Å². The average molecular weight is 266 g/mol. The number of hydrogen-bond acceptors (Lipinski definition) is 4. The van der Waals surface area contributed by atoms with Crippen molar-refractivity contribution >= 4 is 5.69 Å². The molecule has 0 aliphatic rings. The molecule has 0 spiro atoms. The number of anilines is 1. The summed E-state index contributed by atoms with van der Waals surface area (Å²) in [6.07, 6.45) is 0.892. The Morgan fingerprint density at radius 1 is 1.32 bits per heavy atom. The number of benzene rings is 1. The van der Waals surface area contributed by atoms with Gasteiger partial charge in [0.1, 0.15) is 5.75 Å². The number of aliphatic hydroxyl groups excluding tert-OH is 1. The highest BCUT2D eigenvalue weighted by Gasteiger charge is 2.12. The maximum atomic E-state index is 9.35. The second kappa shape index (κ2) is 8.02. The lowest BCUT2D eigenvalue weighted by Crippen LogP contribution is -2.39. The van der Waals surface area contributed by atoms with E-state index >= 15 is 0 Å². The zero-order valence-electron chi connectivity index (χ0n) is 12.4. The molecule has 1 unspecified atom stereocenters. The topological polar surface area (TPSA) is 44.7 Å². The third kappa shape index (κ3) is 5.09. The van der Waals surface area contributed by atoms with Crippen LogP contribution in [0.1, 0.15) is 20.3 Å². The van der Waals surface area contributed by atoms with Crippen molar-refractivity contribution in [3.63, 3.8) is 0 Å². The van der Waals surface area contributed by atoms with Crippen molar-refractivity contribution < 1.29 is 9.84 Å². The smallest absolute Gasteiger partial charge is 0.142 e. The summed E-state index contributed by atoms with van der Waals surface area (Å²) < 4.78 is 5.36. The molecule has 4 nitrogen and oxygen atoms in total. The molecular weight excluding hydrogens is 240 g/mol. The summed E-state index contributed by atoms with van der Waals surface area (Å²) in [6, 6.07) is 8.49. The molecule has 0 aliphatic carbocycles. The first-order chi connectivity index (χ1) is 9.08. The minimum Gasteiger partial charge on any atom is -0.495 e. The van der Waals surface area contributed by atoms with Gasteiger partial charge in [0, 0.05) is 25.7 Å². The van der Waals surface area contributed by atoms with E-state index in [1.54, 1.807) is 7.11 Å². The van der Waals surface area contributed by atoms with Crippen LogP contribution in [-0.2, 0) is 0 Å². The van der Waals surface area contributed by atoms with E-state index in [1.165, 1.54) is 0 Å². The number of nitrogens with zero attached hydrogens (tertiary/aromatic N) is 1. The number of ether oxygens (including phenoxy) is 1. The molecule has 2 N–H and O–H groups in total. The van der Waals surface area contributed by atoms with Gasteiger partial charge in [0.05, 0.1) is 19.4 Å². The summed E-state index contributed by atoms with van der Waals surface area (Å²) in [7, 11) is 3.73. The van der Waals surface area contributed by atoms with E-state index in [1.807, 2.05) is 31.3 Å². The van der Waals surface area contributed by atoms with Gasteiger partial charge in [-0.05, 0) is 18.6 Å². The molecule has 0 radical (unpaired) electrons. The maximum absolute atomic E-state index is 9.35. The van der Waals surface area contributed by atoms with Crippen LogP contribution in [0.3, 0.4) is 0 Å². The zero-order chi connectivity index (χ0) is 14.3. The Balaban J connectivity index is 2.56. The normalized spacial score (nSPS) is 12.5. The average Bonchev–Trinajstić information content (AvgIpc) is 2.42. The largest absolute Gasteiger partial charge is 0.495 e. The molecule has 1 aromatic rings. The molecular formula is C15H26N2O2. The molecule has 1 rings (SSSR count). The first-order valence-corrected chi connectivity index (χ1v) is 6.79. The third-order valence-electron chi connectivity index (χ3n) is 3.10. The molecule has 0 amide bonds. The first-order valence-electron chi connectivity index (χ1n) is 6.79. The van der Waals surface area contributed by atoms with Crippen LogP contribution < -0.4 is 15.0 Å². The Bertz CT molecular complexity index is 369. The molecule has 0 saturated carbocycles. The summed E-state index contributed by atoms with van der Waals surface area (Å²) in [5.74, 6) is 0.877. The fourth-order valence-corrected chi connectivity index (χ4v) is 2.11. The Kier molecular flexibility index (Phi) is 6.67. The fraction of sp³-hybridized carbons (Fsp3) is 0.600. The SMILES string of the molecule is COc1ccccc1N(C)CCC(CO)NC(C)C. The van der Waals surface area contributed by atoms with Crippen LogP contribution in [0.2, 0.25) is 0 Å². The highest BCUT2D eigenvalue weighted by Crippen LogP contribution is 2.26. The number of methoxy groups -OCH3 is 1. The van der Waals surface area contributed by atoms with Crippen molar-refractivity contribution in [3.8, 4) is 5.75 Å². The minimum atomic E-state index is 0.136. The summed E-state index contributed by atoms with van der Waals surface area (Å²) in [6.45, 7) is 5.21. The zero-order valence-corrected chi connectivity index (χ0v) is 12.4. The Hall–Kier alpha value is -1.26. The van der Waals surface area contributed by atoms with Gasteiger partial charge in [-0.1, -0.05) is 26.0 Å². The van der Waals surface area contributed by atoms with E-state index in [0.717, 1.165) is 24.4 Å². The van der Waals surface area contributed by atoms with Crippen molar-refractivity contribution in [3.05, 3.63) is 24.3 Å². The van der Waals surface area contributed by atoms with E-state index < -0.39 is 0 Å². The van der Waals surface area contributed by atoms with Crippen LogP contribution >= 0.6 is 0 Å². The first kappa shape index (κ1) is 15.8. The highest BCUT2D eigenvalue weighted by atomic mass is 16.5. The predicted octanol–water partition coefficient (Wildman–Crippen LogP) is 1.88. The van der Waals surface area contributed by atoms with Gasteiger partial charge in [0.15, 0.2) is 0 Å². The Morgan fingerprint density at radius 2 is 2.00 bits per heavy atom. The van der Waals surface area contributed by atoms with Gasteiger partial charge in [-0.2, -0.15) is 0 Å². The van der Waals surface area contributed by atoms with Crippen molar-refractivity contribution in [1.82, 2.24) is 5.32 Å². The molecule has 0 aromatic heterocycles. The van der Waals surface area contributed by atoms with Gasteiger partial charge in [-0.3, -0.25) is 0 Å². The highest BCUT2D eigenvalue weighted by molar-refractivity contribution is 5.57. The molecule has 108 valence electrons. The van der Waals surface area contributed by atoms with Crippen molar-refractivity contribution in [1.29, 1.82) is 0 Å². The molecule has 0 bridgehead atoms. The second-order valence-corrected chi connectivity index (χ2v) is 5.08. The van der Waals surface area contributed by atoms with Crippen molar-refractivity contribution in [2.45, 2.75) is 32.4 Å². The van der Waals surface area contributed by atoms with Gasteiger partial charge in [0.2, 0.25) is 0 Å². The lowest BCUT2D eigenvalue weighted by molar-refractivity contribution is 0.229. The Labute approximate surface area is 116 Å². The lowest BCUT2D eigenvalue weighted by atomic mass is 10.1. The molecule has 0 fully saturated rings. The van der Waals surface area contributed by atoms with Gasteiger partial charge in [-0.15, -0.1) is 0 Å².